The fraction of sp³-hybridized carbons (Fsp3) is 0.214. The van der Waals surface area contributed by atoms with Gasteiger partial charge in [-0.15, -0.1) is 0 Å². The third-order valence-corrected chi connectivity index (χ3v) is 3.29. The van der Waals surface area contributed by atoms with Crippen molar-refractivity contribution in [2.24, 2.45) is 0 Å². The van der Waals surface area contributed by atoms with Gasteiger partial charge in [-0.25, -0.2) is 0 Å². The summed E-state index contributed by atoms with van der Waals surface area (Å²) in [6.07, 6.45) is 3.36. The van der Waals surface area contributed by atoms with Crippen molar-refractivity contribution in [3.05, 3.63) is 46.7 Å². The van der Waals surface area contributed by atoms with E-state index < -0.39 is 6.04 Å². The topological polar surface area (TPSA) is 64.0 Å². The van der Waals surface area contributed by atoms with Crippen LogP contribution in [-0.4, -0.2) is 21.5 Å². The van der Waals surface area contributed by atoms with E-state index in [-0.39, 0.29) is 11.7 Å². The van der Waals surface area contributed by atoms with Gasteiger partial charge in [0.15, 0.2) is 5.78 Å². The van der Waals surface area contributed by atoms with Gasteiger partial charge >= 0.3 is 0 Å². The van der Waals surface area contributed by atoms with Gasteiger partial charge in [0.25, 0.3) is 0 Å². The van der Waals surface area contributed by atoms with E-state index in [1.54, 1.807) is 48.3 Å². The molecule has 104 valence electrons. The molecule has 1 aromatic heterocycles. The summed E-state index contributed by atoms with van der Waals surface area (Å²) in [5.41, 5.74) is 1.16. The van der Waals surface area contributed by atoms with E-state index in [0.29, 0.717) is 11.3 Å². The molecule has 20 heavy (non-hydrogen) atoms. The number of nitrogens with zero attached hydrogens (tertiary/aromatic N) is 2. The maximum Gasteiger partial charge on any atom is 0.248 e. The summed E-state index contributed by atoms with van der Waals surface area (Å²) in [5, 5.41) is 6.86. The molecule has 0 fully saturated rings. The molecule has 0 bridgehead atoms. The van der Waals surface area contributed by atoms with Crippen LogP contribution in [-0.2, 0) is 4.79 Å². The number of carbonyl (C=O) groups excluding carboxylic acids is 2. The molecule has 0 spiro atoms. The average Bonchev–Trinajstić information content (AvgIpc) is 2.84. The number of halogens is 1. The normalized spacial score (nSPS) is 11.9. The summed E-state index contributed by atoms with van der Waals surface area (Å²) in [5.74, 6) is -0.230. The lowest BCUT2D eigenvalue weighted by Crippen LogP contribution is -2.24. The van der Waals surface area contributed by atoms with Gasteiger partial charge in [0.1, 0.15) is 6.04 Å². The molecule has 0 aliphatic rings. The summed E-state index contributed by atoms with van der Waals surface area (Å²) in [6.45, 7) is 3.24. The first-order chi connectivity index (χ1) is 9.47. The smallest absolute Gasteiger partial charge is 0.248 e. The van der Waals surface area contributed by atoms with E-state index in [0.717, 1.165) is 4.47 Å². The van der Waals surface area contributed by atoms with Gasteiger partial charge in [-0.3, -0.25) is 14.3 Å². The monoisotopic (exact) mass is 335 g/mol. The van der Waals surface area contributed by atoms with Crippen LogP contribution < -0.4 is 5.32 Å². The Morgan fingerprint density at radius 3 is 2.75 bits per heavy atom. The zero-order valence-corrected chi connectivity index (χ0v) is 12.7. The number of hydrogen-bond donors (Lipinski definition) is 1. The molecule has 5 nitrogen and oxygen atoms in total. The Bertz CT molecular complexity index is 651. The number of carbonyl (C=O) groups is 2. The Hall–Kier alpha value is -1.95. The van der Waals surface area contributed by atoms with Gasteiger partial charge in [0, 0.05) is 17.4 Å². The van der Waals surface area contributed by atoms with Crippen LogP contribution in [0.25, 0.3) is 0 Å². The van der Waals surface area contributed by atoms with Crippen molar-refractivity contribution >= 4 is 33.3 Å². The van der Waals surface area contributed by atoms with Crippen molar-refractivity contribution in [3.8, 4) is 0 Å². The van der Waals surface area contributed by atoms with Gasteiger partial charge < -0.3 is 5.32 Å². The van der Waals surface area contributed by atoms with E-state index >= 15 is 0 Å². The lowest BCUT2D eigenvalue weighted by atomic mass is 10.1. The first kappa shape index (κ1) is 14.5. The number of amides is 1. The van der Waals surface area contributed by atoms with Crippen molar-refractivity contribution in [1.82, 2.24) is 9.78 Å². The lowest BCUT2D eigenvalue weighted by molar-refractivity contribution is -0.119. The Balaban J connectivity index is 2.11. The first-order valence-corrected chi connectivity index (χ1v) is 6.88. The largest absolute Gasteiger partial charge is 0.324 e. The standard InChI is InChI=1S/C14H14BrN3O2/c1-9(18-8-12(15)7-16-18)14(20)17-13-5-3-4-11(6-13)10(2)19/h3-9H,1-2H3,(H,17,20). The summed E-state index contributed by atoms with van der Waals surface area (Å²) in [4.78, 5) is 23.4. The van der Waals surface area contributed by atoms with E-state index in [1.165, 1.54) is 6.92 Å². The Labute approximate surface area is 125 Å². The van der Waals surface area contributed by atoms with Crippen LogP contribution in [0.15, 0.2) is 41.1 Å². The Morgan fingerprint density at radius 1 is 1.40 bits per heavy atom. The molecule has 1 unspecified atom stereocenters. The molecule has 1 atom stereocenters. The molecule has 0 saturated carbocycles. The van der Waals surface area contributed by atoms with Crippen LogP contribution >= 0.6 is 15.9 Å². The van der Waals surface area contributed by atoms with Gasteiger partial charge in [0.2, 0.25) is 5.91 Å². The molecular formula is C14H14BrN3O2. The minimum atomic E-state index is -0.442. The number of Topliss-reactive ketones (excluding diaryl/α,β-unsaturated/α-hetero) is 1. The highest BCUT2D eigenvalue weighted by atomic mass is 79.9. The Kier molecular flexibility index (Phi) is 4.34. The van der Waals surface area contributed by atoms with Crippen LogP contribution in [0.2, 0.25) is 0 Å². The van der Waals surface area contributed by atoms with Crippen molar-refractivity contribution in [1.29, 1.82) is 0 Å². The number of hydrogen-bond acceptors (Lipinski definition) is 3. The number of ketones is 1. The van der Waals surface area contributed by atoms with Crippen LogP contribution in [0, 0.1) is 0 Å². The highest BCUT2D eigenvalue weighted by molar-refractivity contribution is 9.10. The predicted molar refractivity (Wildman–Crippen MR) is 79.7 cm³/mol. The van der Waals surface area contributed by atoms with Gasteiger partial charge in [-0.05, 0) is 41.9 Å². The molecule has 0 saturated heterocycles. The molecule has 1 amide bonds. The number of benzene rings is 1. The summed E-state index contributed by atoms with van der Waals surface area (Å²) in [7, 11) is 0. The molecule has 0 aliphatic heterocycles. The number of nitrogens with one attached hydrogen (secondary N) is 1. The fourth-order valence-corrected chi connectivity index (χ4v) is 2.01. The van der Waals surface area contributed by atoms with Crippen molar-refractivity contribution < 1.29 is 9.59 Å². The molecule has 1 N–H and O–H groups in total. The minimum Gasteiger partial charge on any atom is -0.324 e. The number of anilines is 1. The van der Waals surface area contributed by atoms with Crippen LogP contribution in [0.1, 0.15) is 30.2 Å². The summed E-state index contributed by atoms with van der Waals surface area (Å²) >= 11 is 3.29. The molecule has 6 heteroatoms. The van der Waals surface area contributed by atoms with Crippen LogP contribution in [0.4, 0.5) is 5.69 Å². The quantitative estimate of drug-likeness (QED) is 0.873. The molecule has 1 aromatic carbocycles. The van der Waals surface area contributed by atoms with Gasteiger partial charge in [-0.1, -0.05) is 12.1 Å². The van der Waals surface area contributed by atoms with E-state index in [2.05, 4.69) is 26.3 Å². The second-order valence-corrected chi connectivity index (χ2v) is 5.36. The first-order valence-electron chi connectivity index (χ1n) is 6.09. The van der Waals surface area contributed by atoms with Crippen molar-refractivity contribution in [2.45, 2.75) is 19.9 Å². The predicted octanol–water partition coefficient (Wildman–Crippen LogP) is 3.05. The molecule has 0 aliphatic carbocycles. The van der Waals surface area contributed by atoms with E-state index in [1.807, 2.05) is 0 Å². The minimum absolute atomic E-state index is 0.0369. The van der Waals surface area contributed by atoms with Gasteiger partial charge in [-0.2, -0.15) is 5.10 Å². The van der Waals surface area contributed by atoms with Crippen LogP contribution in [0.5, 0.6) is 0 Å². The Morgan fingerprint density at radius 2 is 2.15 bits per heavy atom. The third-order valence-electron chi connectivity index (χ3n) is 2.88. The summed E-state index contributed by atoms with van der Waals surface area (Å²) < 4.78 is 2.38. The highest BCUT2D eigenvalue weighted by Gasteiger charge is 2.16. The van der Waals surface area contributed by atoms with E-state index in [9.17, 15) is 9.59 Å². The lowest BCUT2D eigenvalue weighted by Gasteiger charge is -2.13. The molecule has 2 aromatic rings. The second kappa shape index (κ2) is 6.00. The maximum absolute atomic E-state index is 12.1. The summed E-state index contributed by atoms with van der Waals surface area (Å²) in [6, 6.07) is 6.41. The number of aromatic nitrogens is 2. The molecular weight excluding hydrogens is 322 g/mol. The van der Waals surface area contributed by atoms with Crippen molar-refractivity contribution in [2.75, 3.05) is 5.32 Å². The number of rotatable bonds is 4. The molecule has 2 rings (SSSR count). The highest BCUT2D eigenvalue weighted by Crippen LogP contribution is 2.15. The maximum atomic E-state index is 12.1. The van der Waals surface area contributed by atoms with Crippen LogP contribution in [0.3, 0.4) is 0 Å². The zero-order chi connectivity index (χ0) is 14.7. The zero-order valence-electron chi connectivity index (χ0n) is 11.1. The van der Waals surface area contributed by atoms with Crippen molar-refractivity contribution in [3.63, 3.8) is 0 Å². The second-order valence-electron chi connectivity index (χ2n) is 4.44. The average molecular weight is 336 g/mol. The molecule has 1 heterocycles. The molecule has 0 radical (unpaired) electrons. The third kappa shape index (κ3) is 3.33. The van der Waals surface area contributed by atoms with E-state index in [4.69, 9.17) is 0 Å². The fourth-order valence-electron chi connectivity index (χ4n) is 1.71. The van der Waals surface area contributed by atoms with Gasteiger partial charge in [0.05, 0.1) is 10.7 Å². The SMILES string of the molecule is CC(=O)c1cccc(NC(=O)C(C)n2cc(Br)cn2)c1.